The predicted molar refractivity (Wildman–Crippen MR) is 181 cm³/mol. The third kappa shape index (κ3) is 7.77. The van der Waals surface area contributed by atoms with Gasteiger partial charge in [0.05, 0.1) is 18.5 Å². The molecule has 0 radical (unpaired) electrons. The largest absolute Gasteiger partial charge is 0.488 e. The molecule has 0 spiro atoms. The van der Waals surface area contributed by atoms with Gasteiger partial charge >= 0.3 is 5.56 Å². The quantitative estimate of drug-likeness (QED) is 0.182. The van der Waals surface area contributed by atoms with Crippen LogP contribution in [0.4, 0.5) is 5.69 Å². The van der Waals surface area contributed by atoms with Gasteiger partial charge in [0, 0.05) is 32.7 Å². The Balaban J connectivity index is 1.11. The molecule has 0 unspecified atom stereocenters. The van der Waals surface area contributed by atoms with Crippen LogP contribution in [0.1, 0.15) is 60.8 Å². The normalized spacial score (nSPS) is 16.1. The van der Waals surface area contributed by atoms with E-state index in [0.29, 0.717) is 24.9 Å². The number of rotatable bonds is 11. The fourth-order valence-corrected chi connectivity index (χ4v) is 6.84. The van der Waals surface area contributed by atoms with Crippen molar-refractivity contribution in [2.75, 3.05) is 37.7 Å². The molecule has 0 atom stereocenters. The molecule has 4 aromatic rings. The highest BCUT2D eigenvalue weighted by molar-refractivity contribution is 5.57. The number of piperazine rings is 1. The second-order valence-electron chi connectivity index (χ2n) is 12.6. The van der Waals surface area contributed by atoms with Gasteiger partial charge < -0.3 is 14.4 Å². The standard InChI is InChI=1S/C38H46N4O3/c1-29-24-33(25-30(2)36(29)45-28-32-14-8-4-9-15-32)27-40-19-21-41(22-20-40)35-26-39-42(34-16-10-5-11-17-34)38(43)37(35)44-23-18-31-12-6-3-7-13-31/h4-5,8-11,14-17,24-26,31H,3,6-7,12-13,18-23,27-28H2,1-2H3. The minimum absolute atomic E-state index is 0.190. The summed E-state index contributed by atoms with van der Waals surface area (Å²) in [4.78, 5) is 18.5. The SMILES string of the molecule is Cc1cc(CN2CCN(c3cnn(-c4ccccc4)c(=O)c3OCCC3CCCCC3)CC2)cc(C)c1OCc1ccccc1. The van der Waals surface area contributed by atoms with E-state index >= 15 is 0 Å². The average molecular weight is 607 g/mol. The van der Waals surface area contributed by atoms with Crippen molar-refractivity contribution in [3.05, 3.63) is 112 Å². The first-order valence-electron chi connectivity index (χ1n) is 16.6. The molecular formula is C38H46N4O3. The number of nitrogens with zero attached hydrogens (tertiary/aromatic N) is 4. The molecule has 236 valence electrons. The summed E-state index contributed by atoms with van der Waals surface area (Å²) in [5, 5.41) is 4.59. The van der Waals surface area contributed by atoms with E-state index in [1.807, 2.05) is 54.7 Å². The topological polar surface area (TPSA) is 59.8 Å². The predicted octanol–water partition coefficient (Wildman–Crippen LogP) is 7.10. The van der Waals surface area contributed by atoms with Crippen molar-refractivity contribution in [3.8, 4) is 17.2 Å². The van der Waals surface area contributed by atoms with Crippen LogP contribution in [0.25, 0.3) is 5.69 Å². The molecule has 2 aliphatic rings. The van der Waals surface area contributed by atoms with Crippen LogP contribution in [0, 0.1) is 19.8 Å². The first-order valence-corrected chi connectivity index (χ1v) is 16.6. The van der Waals surface area contributed by atoms with E-state index in [4.69, 9.17) is 9.47 Å². The van der Waals surface area contributed by atoms with Gasteiger partial charge in [0.2, 0.25) is 5.75 Å². The molecule has 0 bridgehead atoms. The Morgan fingerprint density at radius 1 is 0.778 bits per heavy atom. The van der Waals surface area contributed by atoms with Crippen LogP contribution >= 0.6 is 0 Å². The highest BCUT2D eigenvalue weighted by Crippen LogP contribution is 2.30. The zero-order valence-electron chi connectivity index (χ0n) is 26.8. The first kappa shape index (κ1) is 30.9. The maximum absolute atomic E-state index is 13.8. The summed E-state index contributed by atoms with van der Waals surface area (Å²) in [6.07, 6.45) is 9.31. The van der Waals surface area contributed by atoms with E-state index in [0.717, 1.165) is 56.3 Å². The number of hydrogen-bond donors (Lipinski definition) is 0. The summed E-state index contributed by atoms with van der Waals surface area (Å²) in [5.41, 5.74) is 6.16. The second kappa shape index (κ2) is 14.8. The molecule has 0 amide bonds. The van der Waals surface area contributed by atoms with Gasteiger partial charge in [-0.25, -0.2) is 0 Å². The maximum atomic E-state index is 13.8. The third-order valence-electron chi connectivity index (χ3n) is 9.28. The molecule has 1 aliphatic carbocycles. The molecule has 1 aliphatic heterocycles. The monoisotopic (exact) mass is 606 g/mol. The second-order valence-corrected chi connectivity index (χ2v) is 12.6. The molecule has 45 heavy (non-hydrogen) atoms. The van der Waals surface area contributed by atoms with E-state index < -0.39 is 0 Å². The Hall–Kier alpha value is -4.10. The van der Waals surface area contributed by atoms with E-state index in [1.165, 1.54) is 59.0 Å². The summed E-state index contributed by atoms with van der Waals surface area (Å²) in [5.74, 6) is 2.09. The van der Waals surface area contributed by atoms with Gasteiger partial charge in [0.25, 0.3) is 0 Å². The highest BCUT2D eigenvalue weighted by atomic mass is 16.5. The number of anilines is 1. The van der Waals surface area contributed by atoms with E-state index in [1.54, 1.807) is 0 Å². The Labute approximate surface area is 267 Å². The van der Waals surface area contributed by atoms with Crippen molar-refractivity contribution >= 4 is 5.69 Å². The van der Waals surface area contributed by atoms with Crippen molar-refractivity contribution in [1.29, 1.82) is 0 Å². The van der Waals surface area contributed by atoms with Crippen molar-refractivity contribution in [1.82, 2.24) is 14.7 Å². The Morgan fingerprint density at radius 2 is 1.44 bits per heavy atom. The molecule has 1 saturated heterocycles. The first-order chi connectivity index (χ1) is 22.0. The van der Waals surface area contributed by atoms with Gasteiger partial charge in [-0.15, -0.1) is 0 Å². The van der Waals surface area contributed by atoms with Crippen molar-refractivity contribution < 1.29 is 9.47 Å². The lowest BCUT2D eigenvalue weighted by Crippen LogP contribution is -2.46. The van der Waals surface area contributed by atoms with Crippen LogP contribution in [-0.2, 0) is 13.2 Å². The van der Waals surface area contributed by atoms with Crippen LogP contribution < -0.4 is 19.9 Å². The molecule has 7 heteroatoms. The maximum Gasteiger partial charge on any atom is 0.316 e. The molecular weight excluding hydrogens is 560 g/mol. The summed E-state index contributed by atoms with van der Waals surface area (Å²) in [7, 11) is 0. The fourth-order valence-electron chi connectivity index (χ4n) is 6.84. The zero-order chi connectivity index (χ0) is 31.0. The van der Waals surface area contributed by atoms with Crippen molar-refractivity contribution in [3.63, 3.8) is 0 Å². The smallest absolute Gasteiger partial charge is 0.316 e. The number of aryl methyl sites for hydroxylation is 2. The van der Waals surface area contributed by atoms with Crippen LogP contribution in [0.15, 0.2) is 83.8 Å². The third-order valence-corrected chi connectivity index (χ3v) is 9.28. The number of aromatic nitrogens is 2. The minimum Gasteiger partial charge on any atom is -0.488 e. The summed E-state index contributed by atoms with van der Waals surface area (Å²) < 4.78 is 14.0. The number of hydrogen-bond acceptors (Lipinski definition) is 6. The van der Waals surface area contributed by atoms with Gasteiger partial charge in [0.15, 0.2) is 0 Å². The van der Waals surface area contributed by atoms with Gasteiger partial charge in [-0.1, -0.05) is 92.8 Å². The van der Waals surface area contributed by atoms with Crippen molar-refractivity contribution in [2.45, 2.75) is 65.5 Å². The lowest BCUT2D eigenvalue weighted by Gasteiger charge is -2.36. The van der Waals surface area contributed by atoms with Crippen LogP contribution in [0.2, 0.25) is 0 Å². The van der Waals surface area contributed by atoms with Crippen molar-refractivity contribution in [2.24, 2.45) is 5.92 Å². The summed E-state index contributed by atoms with van der Waals surface area (Å²) >= 11 is 0. The molecule has 2 fully saturated rings. The van der Waals surface area contributed by atoms with Gasteiger partial charge in [-0.3, -0.25) is 9.69 Å². The molecule has 2 heterocycles. The number of benzene rings is 3. The number of para-hydroxylation sites is 1. The molecule has 3 aromatic carbocycles. The minimum atomic E-state index is -0.190. The van der Waals surface area contributed by atoms with Crippen LogP contribution in [-0.4, -0.2) is 47.5 Å². The van der Waals surface area contributed by atoms with Gasteiger partial charge in [0.1, 0.15) is 18.0 Å². The van der Waals surface area contributed by atoms with Crippen LogP contribution in [0.5, 0.6) is 11.5 Å². The molecule has 1 aromatic heterocycles. The Kier molecular flexibility index (Phi) is 10.2. The van der Waals surface area contributed by atoms with Gasteiger partial charge in [-0.2, -0.15) is 9.78 Å². The van der Waals surface area contributed by atoms with Gasteiger partial charge in [-0.05, 0) is 60.6 Å². The summed E-state index contributed by atoms with van der Waals surface area (Å²) in [6.45, 7) is 9.70. The molecule has 1 saturated carbocycles. The van der Waals surface area contributed by atoms with E-state index in [9.17, 15) is 4.79 Å². The number of ether oxygens (including phenoxy) is 2. The van der Waals surface area contributed by atoms with E-state index in [-0.39, 0.29) is 5.56 Å². The lowest BCUT2D eigenvalue weighted by atomic mass is 9.87. The fraction of sp³-hybridized carbons (Fsp3) is 0.421. The summed E-state index contributed by atoms with van der Waals surface area (Å²) in [6, 6.07) is 24.4. The molecule has 0 N–H and O–H groups in total. The zero-order valence-corrected chi connectivity index (χ0v) is 26.8. The molecule has 7 nitrogen and oxygen atoms in total. The van der Waals surface area contributed by atoms with E-state index in [2.05, 4.69) is 53.0 Å². The highest BCUT2D eigenvalue weighted by Gasteiger charge is 2.24. The average Bonchev–Trinajstić information content (AvgIpc) is 3.07. The Bertz CT molecular complexity index is 1570. The lowest BCUT2D eigenvalue weighted by molar-refractivity contribution is 0.237. The Morgan fingerprint density at radius 3 is 2.13 bits per heavy atom. The molecule has 6 rings (SSSR count). The van der Waals surface area contributed by atoms with Crippen LogP contribution in [0.3, 0.4) is 0 Å².